The zero-order valence-electron chi connectivity index (χ0n) is 21.8. The summed E-state index contributed by atoms with van der Waals surface area (Å²) >= 11 is 0. The van der Waals surface area contributed by atoms with Crippen LogP contribution in [-0.2, 0) is 21.4 Å². The van der Waals surface area contributed by atoms with Crippen LogP contribution in [0.1, 0.15) is 57.9 Å². The number of piperidine rings is 1. The minimum Gasteiger partial charge on any atom is -0.444 e. The number of ether oxygens (including phenoxy) is 1. The molecule has 0 bridgehead atoms. The predicted molar refractivity (Wildman–Crippen MR) is 139 cm³/mol. The number of benzene rings is 1. The van der Waals surface area contributed by atoms with E-state index in [0.717, 1.165) is 17.5 Å². The monoisotopic (exact) mass is 518 g/mol. The van der Waals surface area contributed by atoms with Crippen LogP contribution in [0.2, 0.25) is 0 Å². The third kappa shape index (κ3) is 4.71. The van der Waals surface area contributed by atoms with E-state index in [-0.39, 0.29) is 24.4 Å². The molecule has 2 aromatic heterocycles. The molecule has 4 heterocycles. The van der Waals surface area contributed by atoms with Crippen LogP contribution in [0, 0.1) is 0 Å². The maximum absolute atomic E-state index is 13.0. The molecule has 2 atom stereocenters. The van der Waals surface area contributed by atoms with Crippen molar-refractivity contribution in [2.45, 2.75) is 57.7 Å². The lowest BCUT2D eigenvalue weighted by Gasteiger charge is -2.33. The molecule has 1 aromatic carbocycles. The molecule has 11 heteroatoms. The van der Waals surface area contributed by atoms with E-state index >= 15 is 0 Å². The van der Waals surface area contributed by atoms with Gasteiger partial charge in [-0.15, -0.1) is 0 Å². The molecule has 11 nitrogen and oxygen atoms in total. The van der Waals surface area contributed by atoms with Gasteiger partial charge in [0.05, 0.1) is 11.0 Å². The molecule has 1 fully saturated rings. The topological polar surface area (TPSA) is 128 Å². The lowest BCUT2D eigenvalue weighted by Crippen LogP contribution is -2.44. The van der Waals surface area contributed by atoms with E-state index in [1.807, 2.05) is 45.1 Å². The van der Waals surface area contributed by atoms with Gasteiger partial charge in [-0.25, -0.2) is 19.6 Å². The van der Waals surface area contributed by atoms with Crippen LogP contribution < -0.4 is 11.0 Å². The van der Waals surface area contributed by atoms with Crippen molar-refractivity contribution in [1.29, 1.82) is 0 Å². The number of hydrogen-bond donors (Lipinski definition) is 1. The first kappa shape index (κ1) is 25.4. The number of aromatic nitrogens is 4. The van der Waals surface area contributed by atoms with Crippen LogP contribution in [0.3, 0.4) is 0 Å². The summed E-state index contributed by atoms with van der Waals surface area (Å²) in [6.07, 6.45) is 8.06. The summed E-state index contributed by atoms with van der Waals surface area (Å²) in [6.45, 7) is 6.00. The summed E-state index contributed by atoms with van der Waals surface area (Å²) < 4.78 is 8.50. The quantitative estimate of drug-likeness (QED) is 0.417. The number of carbonyl (C=O) groups is 3. The predicted octanol–water partition coefficient (Wildman–Crippen LogP) is 3.01. The molecule has 5 rings (SSSR count). The number of amides is 3. The molecule has 0 spiro atoms. The minimum atomic E-state index is -0.742. The Morgan fingerprint density at radius 1 is 1.08 bits per heavy atom. The van der Waals surface area contributed by atoms with Crippen molar-refractivity contribution in [1.82, 2.24) is 29.3 Å². The molecule has 2 aliphatic rings. The summed E-state index contributed by atoms with van der Waals surface area (Å²) in [4.78, 5) is 60.5. The lowest BCUT2D eigenvalue weighted by atomic mass is 10.0. The number of aryl methyl sites for hydroxylation is 1. The number of rotatable bonds is 3. The fraction of sp³-hybridized carbons (Fsp3) is 0.407. The van der Waals surface area contributed by atoms with Crippen molar-refractivity contribution in [2.75, 3.05) is 6.54 Å². The molecule has 0 saturated carbocycles. The average Bonchev–Trinajstić information content (AvgIpc) is 3.12. The van der Waals surface area contributed by atoms with Crippen LogP contribution in [0.25, 0.3) is 22.2 Å². The van der Waals surface area contributed by atoms with Gasteiger partial charge in [-0.05, 0) is 51.3 Å². The molecule has 38 heavy (non-hydrogen) atoms. The van der Waals surface area contributed by atoms with Gasteiger partial charge in [0.15, 0.2) is 5.82 Å². The van der Waals surface area contributed by atoms with Gasteiger partial charge in [-0.2, -0.15) is 0 Å². The average molecular weight is 519 g/mol. The zero-order valence-corrected chi connectivity index (χ0v) is 21.8. The van der Waals surface area contributed by atoms with E-state index in [9.17, 15) is 19.2 Å². The molecule has 0 aliphatic carbocycles. The highest BCUT2D eigenvalue weighted by atomic mass is 16.6. The first-order chi connectivity index (χ1) is 18.0. The fourth-order valence-electron chi connectivity index (χ4n) is 4.85. The highest BCUT2D eigenvalue weighted by molar-refractivity contribution is 6.00. The van der Waals surface area contributed by atoms with Gasteiger partial charge in [-0.3, -0.25) is 28.9 Å². The van der Waals surface area contributed by atoms with Gasteiger partial charge in [0, 0.05) is 38.0 Å². The number of nitrogens with zero attached hydrogens (tertiary/aromatic N) is 5. The van der Waals surface area contributed by atoms with Crippen molar-refractivity contribution in [3.05, 3.63) is 59.1 Å². The van der Waals surface area contributed by atoms with E-state index in [0.29, 0.717) is 23.4 Å². The van der Waals surface area contributed by atoms with Gasteiger partial charge in [0.25, 0.3) is 0 Å². The van der Waals surface area contributed by atoms with Crippen LogP contribution >= 0.6 is 0 Å². The Bertz CT molecular complexity index is 1510. The molecular weight excluding hydrogens is 488 g/mol. The van der Waals surface area contributed by atoms with Crippen molar-refractivity contribution < 1.29 is 19.1 Å². The zero-order chi connectivity index (χ0) is 27.2. The van der Waals surface area contributed by atoms with Crippen LogP contribution in [0.4, 0.5) is 4.79 Å². The smallest absolute Gasteiger partial charge is 0.411 e. The van der Waals surface area contributed by atoms with E-state index in [4.69, 9.17) is 4.74 Å². The van der Waals surface area contributed by atoms with Gasteiger partial charge in [-0.1, -0.05) is 18.2 Å². The lowest BCUT2D eigenvalue weighted by molar-refractivity contribution is -0.135. The molecule has 2 unspecified atom stereocenters. The Hall–Kier alpha value is -4.28. The SMILES string of the molecule is Cn1c(=O)n(C2CCC(=O)NC2=O)c2ccc(-c3cnc(C4C=CCCN4C(=O)OC(C)(C)C)nc3)cc21. The summed E-state index contributed by atoms with van der Waals surface area (Å²) in [5, 5.41) is 2.32. The van der Waals surface area contributed by atoms with Crippen LogP contribution in [0.5, 0.6) is 0 Å². The highest BCUT2D eigenvalue weighted by Gasteiger charge is 2.32. The number of hydrogen-bond acceptors (Lipinski definition) is 7. The third-order valence-electron chi connectivity index (χ3n) is 6.70. The van der Waals surface area contributed by atoms with Crippen molar-refractivity contribution >= 4 is 28.9 Å². The summed E-state index contributed by atoms with van der Waals surface area (Å²) in [7, 11) is 1.65. The second-order valence-corrected chi connectivity index (χ2v) is 10.5. The van der Waals surface area contributed by atoms with E-state index in [1.165, 1.54) is 9.13 Å². The van der Waals surface area contributed by atoms with E-state index in [1.54, 1.807) is 30.4 Å². The van der Waals surface area contributed by atoms with Crippen LogP contribution in [-0.4, -0.2) is 54.1 Å². The largest absolute Gasteiger partial charge is 0.444 e. The van der Waals surface area contributed by atoms with E-state index < -0.39 is 29.7 Å². The maximum atomic E-state index is 13.0. The number of imidazole rings is 1. The molecule has 3 aromatic rings. The molecule has 0 radical (unpaired) electrons. The van der Waals surface area contributed by atoms with Gasteiger partial charge in [0.2, 0.25) is 11.8 Å². The Balaban J connectivity index is 1.44. The molecule has 2 aliphatic heterocycles. The van der Waals surface area contributed by atoms with E-state index in [2.05, 4.69) is 15.3 Å². The minimum absolute atomic E-state index is 0.183. The number of fused-ring (bicyclic) bond motifs is 1. The fourth-order valence-corrected chi connectivity index (χ4v) is 4.85. The first-order valence-corrected chi connectivity index (χ1v) is 12.6. The Kier molecular flexibility index (Phi) is 6.38. The van der Waals surface area contributed by atoms with Crippen molar-refractivity contribution in [3.8, 4) is 11.1 Å². The van der Waals surface area contributed by atoms with Crippen molar-refractivity contribution in [3.63, 3.8) is 0 Å². The summed E-state index contributed by atoms with van der Waals surface area (Å²) in [5.41, 5.74) is 1.85. The normalized spacial score (nSPS) is 20.1. The first-order valence-electron chi connectivity index (χ1n) is 12.6. The molecule has 1 N–H and O–H groups in total. The standard InChI is InChI=1S/C27H30N6O5/c1-27(2,3)38-26(37)32-12-6-5-7-19(32)23-28-14-17(15-29-23)16-8-9-18-21(13-16)31(4)25(36)33(18)20-10-11-22(34)30-24(20)35/h5,7-9,13-15,19-20H,6,10-12H2,1-4H3,(H,30,34,35). The Labute approximate surface area is 219 Å². The summed E-state index contributed by atoms with van der Waals surface area (Å²) in [6, 6.07) is 4.31. The highest BCUT2D eigenvalue weighted by Crippen LogP contribution is 2.29. The van der Waals surface area contributed by atoms with Crippen molar-refractivity contribution in [2.24, 2.45) is 7.05 Å². The maximum Gasteiger partial charge on any atom is 0.411 e. The Morgan fingerprint density at radius 3 is 2.50 bits per heavy atom. The molecule has 3 amide bonds. The number of nitrogens with one attached hydrogen (secondary N) is 1. The molecule has 1 saturated heterocycles. The second kappa shape index (κ2) is 9.55. The molecular formula is C27H30N6O5. The third-order valence-corrected chi connectivity index (χ3v) is 6.70. The second-order valence-electron chi connectivity index (χ2n) is 10.5. The Morgan fingerprint density at radius 2 is 1.82 bits per heavy atom. The van der Waals surface area contributed by atoms with Gasteiger partial charge < -0.3 is 4.74 Å². The van der Waals surface area contributed by atoms with Crippen LogP contribution in [0.15, 0.2) is 47.5 Å². The molecule has 198 valence electrons. The van der Waals surface area contributed by atoms with Gasteiger partial charge >= 0.3 is 11.8 Å². The van der Waals surface area contributed by atoms with Gasteiger partial charge in [0.1, 0.15) is 17.7 Å². The number of carbonyl (C=O) groups excluding carboxylic acids is 3. The summed E-state index contributed by atoms with van der Waals surface area (Å²) in [5.74, 6) is -0.322. The number of imide groups is 1.